The van der Waals surface area contributed by atoms with E-state index in [4.69, 9.17) is 4.52 Å². The summed E-state index contributed by atoms with van der Waals surface area (Å²) in [5.74, 6) is 1.43. The number of carbonyl (C=O) groups excluding carboxylic acids is 1. The molecule has 0 N–H and O–H groups in total. The second-order valence-electron chi connectivity index (χ2n) is 5.73. The molecule has 0 bridgehead atoms. The first-order valence-electron chi connectivity index (χ1n) is 6.96. The van der Waals surface area contributed by atoms with Crippen LogP contribution in [0.15, 0.2) is 10.6 Å². The van der Waals surface area contributed by atoms with Gasteiger partial charge in [0.1, 0.15) is 5.76 Å². The predicted octanol–water partition coefficient (Wildman–Crippen LogP) is 2.96. The fourth-order valence-electron chi connectivity index (χ4n) is 2.90. The average Bonchev–Trinajstić information content (AvgIpc) is 3.07. The minimum absolute atomic E-state index is 0.0327. The molecule has 4 nitrogen and oxygen atoms in total. The molecule has 0 unspecified atom stereocenters. The number of nitrogens with zero attached hydrogens (tertiary/aromatic N) is 2. The Bertz CT molecular complexity index is 440. The normalized spacial score (nSPS) is 28.4. The van der Waals surface area contributed by atoms with Crippen LogP contribution < -0.4 is 0 Å². The summed E-state index contributed by atoms with van der Waals surface area (Å²) in [6.07, 6.45) is 5.71. The summed E-state index contributed by atoms with van der Waals surface area (Å²) in [5.41, 5.74) is 0.484. The van der Waals surface area contributed by atoms with Crippen molar-refractivity contribution in [3.05, 3.63) is 17.5 Å². The SMILES string of the molecule is C[C@@H]1CCC[C@@H](C)N1C(=O)c1cc(C2CC2)on1. The number of likely N-dealkylation sites (tertiary alicyclic amines) is 1. The number of aromatic nitrogens is 1. The van der Waals surface area contributed by atoms with Crippen molar-refractivity contribution in [3.63, 3.8) is 0 Å². The van der Waals surface area contributed by atoms with Crippen LogP contribution in [0.25, 0.3) is 0 Å². The van der Waals surface area contributed by atoms with Gasteiger partial charge in [-0.1, -0.05) is 5.16 Å². The molecule has 1 saturated heterocycles. The Morgan fingerprint density at radius 3 is 2.56 bits per heavy atom. The van der Waals surface area contributed by atoms with Gasteiger partial charge in [0.2, 0.25) is 0 Å². The lowest BCUT2D eigenvalue weighted by Crippen LogP contribution is -2.47. The van der Waals surface area contributed by atoms with Gasteiger partial charge in [-0.2, -0.15) is 0 Å². The molecule has 3 rings (SSSR count). The molecule has 0 aromatic carbocycles. The molecular formula is C14H20N2O2. The van der Waals surface area contributed by atoms with Crippen LogP contribution in [0.2, 0.25) is 0 Å². The molecule has 2 heterocycles. The minimum Gasteiger partial charge on any atom is -0.360 e. The van der Waals surface area contributed by atoms with Crippen LogP contribution in [0.5, 0.6) is 0 Å². The third-order valence-corrected chi connectivity index (χ3v) is 4.16. The summed E-state index contributed by atoms with van der Waals surface area (Å²) < 4.78 is 5.27. The number of rotatable bonds is 2. The topological polar surface area (TPSA) is 46.3 Å². The van der Waals surface area contributed by atoms with E-state index >= 15 is 0 Å². The summed E-state index contributed by atoms with van der Waals surface area (Å²) in [7, 11) is 0. The van der Waals surface area contributed by atoms with Crippen LogP contribution >= 0.6 is 0 Å². The molecule has 2 fully saturated rings. The first kappa shape index (κ1) is 11.8. The Kier molecular flexibility index (Phi) is 2.88. The van der Waals surface area contributed by atoms with Crippen LogP contribution in [-0.4, -0.2) is 28.0 Å². The fraction of sp³-hybridized carbons (Fsp3) is 0.714. The lowest BCUT2D eigenvalue weighted by molar-refractivity contribution is 0.0500. The second kappa shape index (κ2) is 4.41. The van der Waals surface area contributed by atoms with Crippen molar-refractivity contribution in [2.75, 3.05) is 0 Å². The third kappa shape index (κ3) is 2.04. The Morgan fingerprint density at radius 2 is 1.94 bits per heavy atom. The van der Waals surface area contributed by atoms with Gasteiger partial charge in [-0.05, 0) is 46.0 Å². The molecule has 1 aliphatic heterocycles. The highest BCUT2D eigenvalue weighted by Crippen LogP contribution is 2.40. The molecule has 2 atom stereocenters. The van der Waals surface area contributed by atoms with Crippen molar-refractivity contribution in [1.29, 1.82) is 0 Å². The van der Waals surface area contributed by atoms with Crippen LogP contribution in [0.4, 0.5) is 0 Å². The number of hydrogen-bond donors (Lipinski definition) is 0. The van der Waals surface area contributed by atoms with Gasteiger partial charge in [0.05, 0.1) is 0 Å². The largest absolute Gasteiger partial charge is 0.360 e. The van der Waals surface area contributed by atoms with E-state index < -0.39 is 0 Å². The number of carbonyl (C=O) groups is 1. The molecule has 1 saturated carbocycles. The van der Waals surface area contributed by atoms with Gasteiger partial charge in [0.25, 0.3) is 5.91 Å². The van der Waals surface area contributed by atoms with Gasteiger partial charge < -0.3 is 9.42 Å². The monoisotopic (exact) mass is 248 g/mol. The average molecular weight is 248 g/mol. The standard InChI is InChI=1S/C14H20N2O2/c1-9-4-3-5-10(2)16(9)14(17)12-8-13(18-15-12)11-6-7-11/h8-11H,3-7H2,1-2H3/t9-,10-/m1/s1. The Labute approximate surface area is 107 Å². The molecule has 1 amide bonds. The van der Waals surface area contributed by atoms with Crippen molar-refractivity contribution >= 4 is 5.91 Å². The summed E-state index contributed by atoms with van der Waals surface area (Å²) in [6, 6.07) is 2.46. The van der Waals surface area contributed by atoms with Crippen molar-refractivity contribution in [3.8, 4) is 0 Å². The van der Waals surface area contributed by atoms with Gasteiger partial charge in [0.15, 0.2) is 5.69 Å². The first-order chi connectivity index (χ1) is 8.66. The van der Waals surface area contributed by atoms with E-state index in [0.29, 0.717) is 23.7 Å². The number of piperidine rings is 1. The van der Waals surface area contributed by atoms with E-state index in [0.717, 1.165) is 18.6 Å². The van der Waals surface area contributed by atoms with Crippen LogP contribution in [0, 0.1) is 0 Å². The minimum atomic E-state index is 0.0327. The smallest absolute Gasteiger partial charge is 0.276 e. The molecule has 4 heteroatoms. The highest BCUT2D eigenvalue weighted by atomic mass is 16.5. The van der Waals surface area contributed by atoms with E-state index in [9.17, 15) is 4.79 Å². The lowest BCUT2D eigenvalue weighted by atomic mass is 9.97. The Balaban J connectivity index is 1.79. The zero-order valence-corrected chi connectivity index (χ0v) is 11.1. The molecule has 18 heavy (non-hydrogen) atoms. The molecule has 1 aromatic rings. The quantitative estimate of drug-likeness (QED) is 0.808. The molecule has 0 radical (unpaired) electrons. The molecule has 1 aliphatic carbocycles. The van der Waals surface area contributed by atoms with E-state index in [1.807, 2.05) is 11.0 Å². The van der Waals surface area contributed by atoms with Crippen LogP contribution in [0.3, 0.4) is 0 Å². The van der Waals surface area contributed by atoms with E-state index in [-0.39, 0.29) is 5.91 Å². The Hall–Kier alpha value is -1.32. The Morgan fingerprint density at radius 1 is 1.28 bits per heavy atom. The summed E-state index contributed by atoms with van der Waals surface area (Å²) >= 11 is 0. The maximum Gasteiger partial charge on any atom is 0.276 e. The molecule has 0 spiro atoms. The summed E-state index contributed by atoms with van der Waals surface area (Å²) in [4.78, 5) is 14.5. The highest BCUT2D eigenvalue weighted by molar-refractivity contribution is 5.92. The van der Waals surface area contributed by atoms with E-state index in [1.165, 1.54) is 19.3 Å². The second-order valence-corrected chi connectivity index (χ2v) is 5.73. The fourth-order valence-corrected chi connectivity index (χ4v) is 2.90. The van der Waals surface area contributed by atoms with Crippen molar-refractivity contribution < 1.29 is 9.32 Å². The predicted molar refractivity (Wildman–Crippen MR) is 67.4 cm³/mol. The van der Waals surface area contributed by atoms with Crippen molar-refractivity contribution in [2.24, 2.45) is 0 Å². The maximum atomic E-state index is 12.5. The summed E-state index contributed by atoms with van der Waals surface area (Å²) in [5, 5.41) is 3.96. The van der Waals surface area contributed by atoms with Crippen molar-refractivity contribution in [2.45, 2.75) is 64.0 Å². The van der Waals surface area contributed by atoms with Crippen LogP contribution in [0.1, 0.15) is 68.1 Å². The number of amides is 1. The van der Waals surface area contributed by atoms with Crippen LogP contribution in [-0.2, 0) is 0 Å². The van der Waals surface area contributed by atoms with Gasteiger partial charge >= 0.3 is 0 Å². The summed E-state index contributed by atoms with van der Waals surface area (Å²) in [6.45, 7) is 4.24. The molecule has 98 valence electrons. The molecular weight excluding hydrogens is 228 g/mol. The zero-order valence-electron chi connectivity index (χ0n) is 11.1. The third-order valence-electron chi connectivity index (χ3n) is 4.16. The first-order valence-corrected chi connectivity index (χ1v) is 6.96. The van der Waals surface area contributed by atoms with E-state index in [2.05, 4.69) is 19.0 Å². The van der Waals surface area contributed by atoms with Crippen molar-refractivity contribution in [1.82, 2.24) is 10.1 Å². The lowest BCUT2D eigenvalue weighted by Gasteiger charge is -2.38. The zero-order chi connectivity index (χ0) is 12.7. The van der Waals surface area contributed by atoms with E-state index in [1.54, 1.807) is 0 Å². The van der Waals surface area contributed by atoms with Gasteiger partial charge in [0, 0.05) is 24.1 Å². The molecule has 2 aliphatic rings. The highest BCUT2D eigenvalue weighted by Gasteiger charge is 2.33. The van der Waals surface area contributed by atoms with Gasteiger partial charge in [-0.3, -0.25) is 4.79 Å². The number of hydrogen-bond acceptors (Lipinski definition) is 3. The maximum absolute atomic E-state index is 12.5. The molecule has 1 aromatic heterocycles. The van der Waals surface area contributed by atoms with Gasteiger partial charge in [-0.15, -0.1) is 0 Å². The van der Waals surface area contributed by atoms with Gasteiger partial charge in [-0.25, -0.2) is 0 Å².